The second-order valence-corrected chi connectivity index (χ2v) is 7.34. The Morgan fingerprint density at radius 3 is 2.67 bits per heavy atom. The summed E-state index contributed by atoms with van der Waals surface area (Å²) in [5.41, 5.74) is 2.31. The first-order chi connectivity index (χ1) is 11.5. The average molecular weight is 406 g/mol. The van der Waals surface area contributed by atoms with Gasteiger partial charge in [0.2, 0.25) is 11.8 Å². The third-order valence-corrected chi connectivity index (χ3v) is 5.10. The highest BCUT2D eigenvalue weighted by atomic mass is 79.9. The van der Waals surface area contributed by atoms with Crippen molar-refractivity contribution in [2.24, 2.45) is 0 Å². The van der Waals surface area contributed by atoms with Crippen LogP contribution in [0.25, 0.3) is 0 Å². The zero-order valence-corrected chi connectivity index (χ0v) is 15.3. The van der Waals surface area contributed by atoms with Gasteiger partial charge >= 0.3 is 0 Å². The van der Waals surface area contributed by atoms with E-state index in [0.29, 0.717) is 5.75 Å². The van der Waals surface area contributed by atoms with Crippen molar-refractivity contribution in [1.82, 2.24) is 0 Å². The standard InChI is InChI=1S/C17H16BrN3O2S/c1-10(17(23)20-12-4-2-11(18)3-5-12)19-13-6-7-15-14(8-13)21-16(22)9-24-15/h2-8,10,19H,9H2,1H3,(H,20,23)(H,21,22)/t10-/m1/s1. The van der Waals surface area contributed by atoms with E-state index in [-0.39, 0.29) is 11.8 Å². The first-order valence-electron chi connectivity index (χ1n) is 7.41. The van der Waals surface area contributed by atoms with Crippen LogP contribution in [0.4, 0.5) is 17.1 Å². The predicted octanol–water partition coefficient (Wildman–Crippen LogP) is 3.93. The number of anilines is 3. The van der Waals surface area contributed by atoms with Gasteiger partial charge in [0.1, 0.15) is 6.04 Å². The monoisotopic (exact) mass is 405 g/mol. The first kappa shape index (κ1) is 16.9. The van der Waals surface area contributed by atoms with E-state index >= 15 is 0 Å². The van der Waals surface area contributed by atoms with E-state index in [1.807, 2.05) is 42.5 Å². The molecule has 0 saturated carbocycles. The van der Waals surface area contributed by atoms with E-state index in [4.69, 9.17) is 0 Å². The van der Waals surface area contributed by atoms with Gasteiger partial charge in [-0.15, -0.1) is 11.8 Å². The topological polar surface area (TPSA) is 70.2 Å². The summed E-state index contributed by atoms with van der Waals surface area (Å²) in [6, 6.07) is 12.7. The molecule has 0 aliphatic carbocycles. The minimum absolute atomic E-state index is 0.00863. The van der Waals surface area contributed by atoms with Crippen molar-refractivity contribution in [3.05, 3.63) is 46.9 Å². The fourth-order valence-electron chi connectivity index (χ4n) is 2.27. The number of rotatable bonds is 4. The third-order valence-electron chi connectivity index (χ3n) is 3.50. The van der Waals surface area contributed by atoms with Gasteiger partial charge in [0.15, 0.2) is 0 Å². The summed E-state index contributed by atoms with van der Waals surface area (Å²) in [6.07, 6.45) is 0. The van der Waals surface area contributed by atoms with Gasteiger partial charge in [-0.1, -0.05) is 15.9 Å². The van der Waals surface area contributed by atoms with Crippen LogP contribution >= 0.6 is 27.7 Å². The maximum atomic E-state index is 12.3. The highest BCUT2D eigenvalue weighted by Gasteiger charge is 2.17. The van der Waals surface area contributed by atoms with E-state index in [1.165, 1.54) is 11.8 Å². The molecule has 24 heavy (non-hydrogen) atoms. The quantitative estimate of drug-likeness (QED) is 0.720. The zero-order chi connectivity index (χ0) is 17.1. The summed E-state index contributed by atoms with van der Waals surface area (Å²) in [7, 11) is 0. The predicted molar refractivity (Wildman–Crippen MR) is 102 cm³/mol. The maximum absolute atomic E-state index is 12.3. The molecular weight excluding hydrogens is 390 g/mol. The Balaban J connectivity index is 1.64. The number of carbonyl (C=O) groups excluding carboxylic acids is 2. The lowest BCUT2D eigenvalue weighted by Gasteiger charge is -2.19. The molecule has 0 spiro atoms. The summed E-state index contributed by atoms with van der Waals surface area (Å²) in [5, 5.41) is 8.86. The van der Waals surface area contributed by atoms with Gasteiger partial charge in [0.25, 0.3) is 0 Å². The van der Waals surface area contributed by atoms with E-state index in [0.717, 1.165) is 26.4 Å². The molecule has 2 aromatic carbocycles. The summed E-state index contributed by atoms with van der Waals surface area (Å²) in [4.78, 5) is 24.8. The average Bonchev–Trinajstić information content (AvgIpc) is 2.56. The van der Waals surface area contributed by atoms with E-state index in [1.54, 1.807) is 6.92 Å². The number of fused-ring (bicyclic) bond motifs is 1. The molecule has 0 unspecified atom stereocenters. The highest BCUT2D eigenvalue weighted by Crippen LogP contribution is 2.33. The van der Waals surface area contributed by atoms with Crippen molar-refractivity contribution in [1.29, 1.82) is 0 Å². The fourth-order valence-corrected chi connectivity index (χ4v) is 3.33. The smallest absolute Gasteiger partial charge is 0.246 e. The van der Waals surface area contributed by atoms with Gasteiger partial charge in [-0.2, -0.15) is 0 Å². The van der Waals surface area contributed by atoms with E-state index in [9.17, 15) is 9.59 Å². The van der Waals surface area contributed by atoms with Crippen LogP contribution in [0.2, 0.25) is 0 Å². The van der Waals surface area contributed by atoms with Crippen LogP contribution in [0.3, 0.4) is 0 Å². The van der Waals surface area contributed by atoms with Crippen molar-refractivity contribution in [3.63, 3.8) is 0 Å². The summed E-state index contributed by atoms with van der Waals surface area (Å²) < 4.78 is 0.959. The van der Waals surface area contributed by atoms with Crippen molar-refractivity contribution >= 4 is 56.6 Å². The molecule has 0 radical (unpaired) electrons. The normalized spacial score (nSPS) is 14.3. The Bertz CT molecular complexity index is 780. The van der Waals surface area contributed by atoms with Crippen molar-refractivity contribution in [3.8, 4) is 0 Å². The molecule has 2 aromatic rings. The number of halogens is 1. The molecule has 3 N–H and O–H groups in total. The maximum Gasteiger partial charge on any atom is 0.246 e. The van der Waals surface area contributed by atoms with Crippen LogP contribution in [0.15, 0.2) is 51.8 Å². The SMILES string of the molecule is C[C@@H](Nc1ccc2c(c1)NC(=O)CS2)C(=O)Nc1ccc(Br)cc1. The second kappa shape index (κ2) is 7.27. The molecule has 0 aromatic heterocycles. The lowest BCUT2D eigenvalue weighted by atomic mass is 10.2. The molecule has 0 saturated heterocycles. The van der Waals surface area contributed by atoms with E-state index in [2.05, 4.69) is 31.9 Å². The number of amides is 2. The molecule has 0 fully saturated rings. The molecule has 1 aliphatic heterocycles. The first-order valence-corrected chi connectivity index (χ1v) is 9.19. The number of nitrogens with one attached hydrogen (secondary N) is 3. The summed E-state index contributed by atoms with van der Waals surface area (Å²) >= 11 is 4.87. The number of hydrogen-bond donors (Lipinski definition) is 3. The Hall–Kier alpha value is -1.99. The number of carbonyl (C=O) groups is 2. The molecule has 1 heterocycles. The molecular formula is C17H16BrN3O2S. The van der Waals surface area contributed by atoms with Gasteiger partial charge in [-0.05, 0) is 49.4 Å². The van der Waals surface area contributed by atoms with Crippen molar-refractivity contribution in [2.45, 2.75) is 17.9 Å². The molecule has 3 rings (SSSR count). The Morgan fingerprint density at radius 1 is 1.21 bits per heavy atom. The van der Waals surface area contributed by atoms with Crippen LogP contribution in [0.5, 0.6) is 0 Å². The van der Waals surface area contributed by atoms with Crippen molar-refractivity contribution < 1.29 is 9.59 Å². The molecule has 1 aliphatic rings. The molecule has 1 atom stereocenters. The minimum atomic E-state index is -0.418. The number of thioether (sulfide) groups is 1. The van der Waals surface area contributed by atoms with Crippen LogP contribution in [0.1, 0.15) is 6.92 Å². The lowest BCUT2D eigenvalue weighted by Crippen LogP contribution is -2.32. The van der Waals surface area contributed by atoms with Crippen LogP contribution in [-0.2, 0) is 9.59 Å². The summed E-state index contributed by atoms with van der Waals surface area (Å²) in [6.45, 7) is 1.79. The van der Waals surface area contributed by atoms with Gasteiger partial charge in [-0.3, -0.25) is 9.59 Å². The number of benzene rings is 2. The zero-order valence-electron chi connectivity index (χ0n) is 12.9. The lowest BCUT2D eigenvalue weighted by molar-refractivity contribution is -0.116. The van der Waals surface area contributed by atoms with Crippen LogP contribution in [0, 0.1) is 0 Å². The van der Waals surface area contributed by atoms with Crippen molar-refractivity contribution in [2.75, 3.05) is 21.7 Å². The third kappa shape index (κ3) is 4.10. The minimum Gasteiger partial charge on any atom is -0.374 e. The number of hydrogen-bond acceptors (Lipinski definition) is 4. The van der Waals surface area contributed by atoms with Crippen LogP contribution < -0.4 is 16.0 Å². The van der Waals surface area contributed by atoms with Gasteiger partial charge in [0, 0.05) is 20.7 Å². The highest BCUT2D eigenvalue weighted by molar-refractivity contribution is 9.10. The van der Waals surface area contributed by atoms with E-state index < -0.39 is 6.04 Å². The second-order valence-electron chi connectivity index (χ2n) is 5.41. The molecule has 0 bridgehead atoms. The fraction of sp³-hybridized carbons (Fsp3) is 0.176. The van der Waals surface area contributed by atoms with Gasteiger partial charge < -0.3 is 16.0 Å². The van der Waals surface area contributed by atoms with Gasteiger partial charge in [0.05, 0.1) is 11.4 Å². The summed E-state index contributed by atoms with van der Waals surface area (Å²) in [5.74, 6) is 0.297. The Kier molecular flexibility index (Phi) is 5.11. The molecule has 124 valence electrons. The molecule has 5 nitrogen and oxygen atoms in total. The Morgan fingerprint density at radius 2 is 1.92 bits per heavy atom. The van der Waals surface area contributed by atoms with Crippen LogP contribution in [-0.4, -0.2) is 23.6 Å². The van der Waals surface area contributed by atoms with Gasteiger partial charge in [-0.25, -0.2) is 0 Å². The molecule has 7 heteroatoms. The molecule has 2 amide bonds. The largest absolute Gasteiger partial charge is 0.374 e. The Labute approximate surface area is 152 Å².